The van der Waals surface area contributed by atoms with Crippen molar-refractivity contribution in [2.45, 2.75) is 18.7 Å². The van der Waals surface area contributed by atoms with Crippen LogP contribution in [0.2, 0.25) is 0 Å². The van der Waals surface area contributed by atoms with Gasteiger partial charge in [0.05, 0.1) is 22.2 Å². The number of hydrogen-bond donors (Lipinski definition) is 1. The number of amides is 1. The molecule has 0 atom stereocenters. The Morgan fingerprint density at radius 3 is 2.00 bits per heavy atom. The molecule has 0 unspecified atom stereocenters. The monoisotopic (exact) mass is 672 g/mol. The van der Waals surface area contributed by atoms with Crippen molar-refractivity contribution in [2.24, 2.45) is 0 Å². The average Bonchev–Trinajstić information content (AvgIpc) is 3.32. The lowest BCUT2D eigenvalue weighted by atomic mass is 10.2. The van der Waals surface area contributed by atoms with Crippen molar-refractivity contribution in [2.75, 3.05) is 12.4 Å². The van der Waals surface area contributed by atoms with Crippen LogP contribution in [0.15, 0.2) is 95.9 Å². The Bertz CT molecular complexity index is 1680. The number of nitrogens with one attached hydrogen (secondary N) is 1. The van der Waals surface area contributed by atoms with Gasteiger partial charge < -0.3 is 9.29 Å². The number of nitrogens with zero attached hydrogens (tertiary/aromatic N) is 1. The van der Waals surface area contributed by atoms with Gasteiger partial charge in [-0.15, -0.1) is 0 Å². The van der Waals surface area contributed by atoms with E-state index in [9.17, 15) is 17.8 Å². The Morgan fingerprint density at radius 1 is 0.872 bits per heavy atom. The van der Waals surface area contributed by atoms with Crippen LogP contribution in [-0.2, 0) is 10.1 Å². The lowest BCUT2D eigenvalue weighted by molar-refractivity contribution is -0.597. The van der Waals surface area contributed by atoms with Gasteiger partial charge in [-0.1, -0.05) is 46.7 Å². The van der Waals surface area contributed by atoms with E-state index in [1.54, 1.807) is 19.2 Å². The van der Waals surface area contributed by atoms with Crippen molar-refractivity contribution in [3.05, 3.63) is 115 Å². The van der Waals surface area contributed by atoms with Gasteiger partial charge in [-0.2, -0.15) is 0 Å². The zero-order chi connectivity index (χ0) is 28.0. The van der Waals surface area contributed by atoms with E-state index in [2.05, 4.69) is 41.5 Å². The maximum Gasteiger partial charge on any atom is 0.357 e. The van der Waals surface area contributed by atoms with Crippen molar-refractivity contribution >= 4 is 42.7 Å². The SMILES string of the molecule is COc1ccc2nc(NC(=O)c3ccc([I+]c4ccc(C)cc4)cc3)sc2c1.Cc1ccc(S(=O)(=O)[O-])cc1. The molecule has 5 rings (SSSR count). The molecule has 0 aliphatic heterocycles. The molecule has 200 valence electrons. The first-order valence-corrected chi connectivity index (χ1v) is 16.1. The molecule has 7 nitrogen and oxygen atoms in total. The number of hydrogen-bond acceptors (Lipinski definition) is 7. The number of rotatable bonds is 6. The Balaban J connectivity index is 0.000000270. The van der Waals surface area contributed by atoms with Crippen LogP contribution in [0.1, 0.15) is 21.5 Å². The second-order valence-corrected chi connectivity index (χ2v) is 13.9. The molecule has 0 saturated heterocycles. The van der Waals surface area contributed by atoms with Gasteiger partial charge in [-0.25, -0.2) is 13.4 Å². The van der Waals surface area contributed by atoms with Crippen LogP contribution in [0.5, 0.6) is 5.75 Å². The second kappa shape index (κ2) is 12.7. The molecule has 4 aromatic carbocycles. The predicted octanol–water partition coefficient (Wildman–Crippen LogP) is 2.89. The summed E-state index contributed by atoms with van der Waals surface area (Å²) in [6.45, 7) is 3.92. The molecule has 1 amide bonds. The number of thiazole rings is 1. The molecule has 0 bridgehead atoms. The topological polar surface area (TPSA) is 108 Å². The normalized spacial score (nSPS) is 11.0. The summed E-state index contributed by atoms with van der Waals surface area (Å²) in [7, 11) is -2.64. The first kappa shape index (κ1) is 28.7. The smallest absolute Gasteiger partial charge is 0.357 e. The maximum atomic E-state index is 12.6. The molecule has 0 saturated carbocycles. The van der Waals surface area contributed by atoms with Crippen molar-refractivity contribution < 1.29 is 43.7 Å². The van der Waals surface area contributed by atoms with E-state index in [4.69, 9.17) is 4.74 Å². The summed E-state index contributed by atoms with van der Waals surface area (Å²) in [5.41, 5.74) is 3.68. The lowest BCUT2D eigenvalue weighted by Crippen LogP contribution is -3.61. The highest BCUT2D eigenvalue weighted by Crippen LogP contribution is 2.29. The number of carbonyl (C=O) groups excluding carboxylic acids is 1. The summed E-state index contributed by atoms with van der Waals surface area (Å²) in [5.74, 6) is 0.632. The summed E-state index contributed by atoms with van der Waals surface area (Å²) < 4.78 is 40.0. The highest BCUT2D eigenvalue weighted by molar-refractivity contribution is 7.85. The minimum atomic E-state index is -4.27. The fourth-order valence-electron chi connectivity index (χ4n) is 3.35. The van der Waals surface area contributed by atoms with Gasteiger partial charge in [0.2, 0.25) is 0 Å². The molecule has 1 aromatic heterocycles. The van der Waals surface area contributed by atoms with E-state index in [-0.39, 0.29) is 32.0 Å². The number of benzene rings is 4. The van der Waals surface area contributed by atoms with Gasteiger partial charge in [-0.05, 0) is 80.6 Å². The summed E-state index contributed by atoms with van der Waals surface area (Å²) in [6, 6.07) is 28.0. The Hall–Kier alpha value is -3.32. The van der Waals surface area contributed by atoms with E-state index >= 15 is 0 Å². The van der Waals surface area contributed by atoms with Crippen molar-refractivity contribution in [3.63, 3.8) is 0 Å². The van der Waals surface area contributed by atoms with Crippen LogP contribution < -0.4 is 31.3 Å². The number of fused-ring (bicyclic) bond motifs is 1. The third-order valence-corrected chi connectivity index (χ3v) is 9.93. The molecule has 0 aliphatic rings. The van der Waals surface area contributed by atoms with Crippen LogP contribution in [-0.4, -0.2) is 31.0 Å². The highest BCUT2D eigenvalue weighted by atomic mass is 127. The predicted molar refractivity (Wildman–Crippen MR) is 148 cm³/mol. The minimum absolute atomic E-state index is 0.147. The Morgan fingerprint density at radius 2 is 1.44 bits per heavy atom. The first-order chi connectivity index (χ1) is 18.6. The van der Waals surface area contributed by atoms with E-state index < -0.39 is 10.1 Å². The van der Waals surface area contributed by atoms with Gasteiger partial charge >= 0.3 is 21.2 Å². The van der Waals surface area contributed by atoms with Gasteiger partial charge in [0, 0.05) is 5.56 Å². The molecule has 0 radical (unpaired) electrons. The van der Waals surface area contributed by atoms with Crippen LogP contribution in [0.4, 0.5) is 5.13 Å². The lowest BCUT2D eigenvalue weighted by Gasteiger charge is -2.05. The molecule has 0 spiro atoms. The highest BCUT2D eigenvalue weighted by Gasteiger charge is 2.17. The third kappa shape index (κ3) is 8.09. The molecular weight excluding hydrogens is 647 g/mol. The fraction of sp³-hybridized carbons (Fsp3) is 0.103. The Labute approximate surface area is 241 Å². The van der Waals surface area contributed by atoms with E-state index in [1.807, 2.05) is 49.4 Å². The van der Waals surface area contributed by atoms with Crippen LogP contribution in [0.25, 0.3) is 10.2 Å². The number of anilines is 1. The van der Waals surface area contributed by atoms with E-state index in [0.717, 1.165) is 21.5 Å². The van der Waals surface area contributed by atoms with Crippen molar-refractivity contribution in [1.29, 1.82) is 0 Å². The molecule has 10 heteroatoms. The summed E-state index contributed by atoms with van der Waals surface area (Å²) in [5, 5.41) is 3.48. The van der Waals surface area contributed by atoms with E-state index in [1.165, 1.54) is 36.2 Å². The van der Waals surface area contributed by atoms with Crippen LogP contribution >= 0.6 is 11.3 Å². The van der Waals surface area contributed by atoms with Gasteiger partial charge in [0.25, 0.3) is 5.91 Å². The van der Waals surface area contributed by atoms with Gasteiger partial charge in [0.15, 0.2) is 12.3 Å². The maximum absolute atomic E-state index is 12.6. The molecule has 5 aromatic rings. The largest absolute Gasteiger partial charge is 0.744 e. The zero-order valence-electron chi connectivity index (χ0n) is 21.3. The molecule has 39 heavy (non-hydrogen) atoms. The summed E-state index contributed by atoms with van der Waals surface area (Å²) in [6.07, 6.45) is 0. The molecule has 0 fully saturated rings. The number of halogens is 1. The molecule has 1 heterocycles. The molecule has 0 aliphatic carbocycles. The first-order valence-electron chi connectivity index (χ1n) is 11.7. The Kier molecular flexibility index (Phi) is 9.33. The standard InChI is InChI=1S/C22H17IN2O2S.C7H8O3S/c1-14-3-7-16(8-4-14)23-17-9-5-15(6-10-17)21(26)25-22-24-19-12-11-18(27-2)13-20(19)28-22;1-6-2-4-7(5-3-6)11(8,9)10/h3-13H,1-2H3;2-5H,1H3,(H,8,9,10). The van der Waals surface area contributed by atoms with Crippen molar-refractivity contribution in [3.8, 4) is 5.75 Å². The molecular formula is C29H25IN2O5S2. The minimum Gasteiger partial charge on any atom is -0.744 e. The summed E-state index contributed by atoms with van der Waals surface area (Å²) >= 11 is 1.20. The molecule has 1 N–H and O–H groups in total. The number of carbonyl (C=O) groups is 1. The van der Waals surface area contributed by atoms with E-state index in [0.29, 0.717) is 10.7 Å². The number of aryl methyl sites for hydroxylation is 2. The number of aromatic nitrogens is 1. The fourth-order valence-corrected chi connectivity index (χ4v) is 6.86. The third-order valence-electron chi connectivity index (χ3n) is 5.46. The second-order valence-electron chi connectivity index (χ2n) is 8.47. The van der Waals surface area contributed by atoms with Gasteiger partial charge in [-0.3, -0.25) is 10.1 Å². The van der Waals surface area contributed by atoms with Crippen LogP contribution in [0, 0.1) is 21.0 Å². The quantitative estimate of drug-likeness (QED) is 0.220. The van der Waals surface area contributed by atoms with Crippen LogP contribution in [0.3, 0.4) is 0 Å². The summed E-state index contributed by atoms with van der Waals surface area (Å²) in [4.78, 5) is 16.9. The average molecular weight is 673 g/mol. The van der Waals surface area contributed by atoms with Crippen molar-refractivity contribution in [1.82, 2.24) is 4.98 Å². The van der Waals surface area contributed by atoms with Gasteiger partial charge in [0.1, 0.15) is 15.9 Å². The zero-order valence-corrected chi connectivity index (χ0v) is 25.1. The number of ether oxygens (including phenoxy) is 1. The number of methoxy groups -OCH3 is 1.